The molecule has 0 radical (unpaired) electrons. The summed E-state index contributed by atoms with van der Waals surface area (Å²) in [6.45, 7) is 10.2. The molecule has 20 heavy (non-hydrogen) atoms. The molecule has 3 heteroatoms. The van der Waals surface area contributed by atoms with Crippen LogP contribution in [0.4, 0.5) is 0 Å². The van der Waals surface area contributed by atoms with E-state index in [0.29, 0.717) is 0 Å². The predicted molar refractivity (Wildman–Crippen MR) is 90.3 cm³/mol. The van der Waals surface area contributed by atoms with Gasteiger partial charge in [-0.1, -0.05) is 38.1 Å². The lowest BCUT2D eigenvalue weighted by Crippen LogP contribution is -2.29. The highest BCUT2D eigenvalue weighted by Crippen LogP contribution is 2.24. The fourth-order valence-corrected chi connectivity index (χ4v) is 3.81. The number of nitrogens with one attached hydrogen (secondary N) is 1. The summed E-state index contributed by atoms with van der Waals surface area (Å²) >= 11 is 2.13. The van der Waals surface area contributed by atoms with Gasteiger partial charge in [-0.3, -0.25) is 4.90 Å². The van der Waals surface area contributed by atoms with E-state index in [1.54, 1.807) is 0 Å². The summed E-state index contributed by atoms with van der Waals surface area (Å²) < 4.78 is 0. The zero-order chi connectivity index (χ0) is 14.2. The monoisotopic (exact) mass is 292 g/mol. The van der Waals surface area contributed by atoms with Crippen molar-refractivity contribution < 1.29 is 0 Å². The molecule has 1 aliphatic heterocycles. The second-order valence-corrected chi connectivity index (χ2v) is 6.83. The Kier molecular flexibility index (Phi) is 6.91. The smallest absolute Gasteiger partial charge is 0.0233 e. The van der Waals surface area contributed by atoms with Crippen molar-refractivity contribution in [2.45, 2.75) is 44.2 Å². The van der Waals surface area contributed by atoms with E-state index < -0.39 is 0 Å². The molecule has 1 fully saturated rings. The average Bonchev–Trinajstić information content (AvgIpc) is 2.53. The summed E-state index contributed by atoms with van der Waals surface area (Å²) in [6.07, 6.45) is 2.65. The van der Waals surface area contributed by atoms with Crippen molar-refractivity contribution in [3.05, 3.63) is 35.4 Å². The molecule has 0 bridgehead atoms. The van der Waals surface area contributed by atoms with E-state index in [-0.39, 0.29) is 0 Å². The van der Waals surface area contributed by atoms with Crippen LogP contribution in [0, 0.1) is 0 Å². The van der Waals surface area contributed by atoms with Crippen molar-refractivity contribution in [3.63, 3.8) is 0 Å². The van der Waals surface area contributed by atoms with Crippen LogP contribution in [0.5, 0.6) is 0 Å². The van der Waals surface area contributed by atoms with E-state index in [4.69, 9.17) is 0 Å². The maximum absolute atomic E-state index is 3.43. The van der Waals surface area contributed by atoms with Crippen LogP contribution in [0.3, 0.4) is 0 Å². The molecule has 0 unspecified atom stereocenters. The van der Waals surface area contributed by atoms with Crippen LogP contribution in [0.2, 0.25) is 0 Å². The molecule has 1 aromatic rings. The van der Waals surface area contributed by atoms with Crippen LogP contribution in [0.1, 0.15) is 37.8 Å². The lowest BCUT2D eigenvalue weighted by atomic mass is 10.1. The number of piperidine rings is 1. The summed E-state index contributed by atoms with van der Waals surface area (Å²) in [4.78, 5) is 2.46. The van der Waals surface area contributed by atoms with Crippen LogP contribution in [0.25, 0.3) is 0 Å². The molecular formula is C17H28N2S. The van der Waals surface area contributed by atoms with Crippen molar-refractivity contribution in [2.75, 3.05) is 26.2 Å². The van der Waals surface area contributed by atoms with Gasteiger partial charge < -0.3 is 5.32 Å². The summed E-state index contributed by atoms with van der Waals surface area (Å²) in [7, 11) is 0. The number of hydrogen-bond acceptors (Lipinski definition) is 3. The van der Waals surface area contributed by atoms with E-state index in [1.165, 1.54) is 37.1 Å². The quantitative estimate of drug-likeness (QED) is 0.828. The minimum atomic E-state index is 0.853. The summed E-state index contributed by atoms with van der Waals surface area (Å²) in [5.74, 6) is 1.16. The molecule has 0 saturated carbocycles. The fourth-order valence-electron chi connectivity index (χ4n) is 2.62. The van der Waals surface area contributed by atoms with Gasteiger partial charge in [0.15, 0.2) is 0 Å². The van der Waals surface area contributed by atoms with Gasteiger partial charge >= 0.3 is 0 Å². The van der Waals surface area contributed by atoms with Gasteiger partial charge in [0, 0.05) is 17.5 Å². The molecule has 1 heterocycles. The van der Waals surface area contributed by atoms with Gasteiger partial charge in [0.05, 0.1) is 0 Å². The first-order valence-corrected chi connectivity index (χ1v) is 8.99. The second-order valence-electron chi connectivity index (χ2n) is 5.54. The van der Waals surface area contributed by atoms with E-state index >= 15 is 0 Å². The Hall–Kier alpha value is -0.510. The number of nitrogens with zero attached hydrogens (tertiary/aromatic N) is 1. The lowest BCUT2D eigenvalue weighted by molar-refractivity contribution is 0.296. The Morgan fingerprint density at radius 3 is 2.25 bits per heavy atom. The number of hydrogen-bond donors (Lipinski definition) is 1. The zero-order valence-corrected chi connectivity index (χ0v) is 13.7. The van der Waals surface area contributed by atoms with Crippen LogP contribution in [0.15, 0.2) is 24.3 Å². The van der Waals surface area contributed by atoms with E-state index in [2.05, 4.69) is 60.1 Å². The molecule has 1 aliphatic rings. The van der Waals surface area contributed by atoms with Crippen molar-refractivity contribution in [2.24, 2.45) is 0 Å². The highest BCUT2D eigenvalue weighted by Gasteiger charge is 2.13. The Morgan fingerprint density at radius 2 is 1.65 bits per heavy atom. The molecule has 2 nitrogen and oxygen atoms in total. The second kappa shape index (κ2) is 8.71. The molecule has 2 rings (SSSR count). The fraction of sp³-hybridized carbons (Fsp3) is 0.647. The van der Waals surface area contributed by atoms with Crippen LogP contribution in [-0.4, -0.2) is 36.3 Å². The summed E-state index contributed by atoms with van der Waals surface area (Å²) in [5.41, 5.74) is 2.90. The van der Waals surface area contributed by atoms with Gasteiger partial charge in [-0.05, 0) is 50.1 Å². The van der Waals surface area contributed by atoms with E-state index in [0.717, 1.165) is 30.6 Å². The van der Waals surface area contributed by atoms with Gasteiger partial charge in [0.25, 0.3) is 0 Å². The van der Waals surface area contributed by atoms with Crippen molar-refractivity contribution in [1.82, 2.24) is 10.2 Å². The molecule has 1 aromatic carbocycles. The molecule has 112 valence electrons. The zero-order valence-electron chi connectivity index (χ0n) is 12.9. The van der Waals surface area contributed by atoms with Gasteiger partial charge in [0.2, 0.25) is 0 Å². The molecule has 0 aliphatic carbocycles. The standard InChI is InChI=1S/C17H28N2S/c1-3-19(4-2)13-15-5-7-16(8-6-15)14-20-17-9-11-18-12-10-17/h5-8,17-18H,3-4,9-14H2,1-2H3. The number of benzene rings is 1. The highest BCUT2D eigenvalue weighted by atomic mass is 32.2. The van der Waals surface area contributed by atoms with Gasteiger partial charge in [-0.15, -0.1) is 0 Å². The van der Waals surface area contributed by atoms with Gasteiger partial charge in [-0.25, -0.2) is 0 Å². The Morgan fingerprint density at radius 1 is 1.05 bits per heavy atom. The minimum Gasteiger partial charge on any atom is -0.317 e. The van der Waals surface area contributed by atoms with E-state index in [9.17, 15) is 0 Å². The molecular weight excluding hydrogens is 264 g/mol. The number of thioether (sulfide) groups is 1. The SMILES string of the molecule is CCN(CC)Cc1ccc(CSC2CCNCC2)cc1. The molecule has 1 saturated heterocycles. The van der Waals surface area contributed by atoms with Crippen molar-refractivity contribution in [3.8, 4) is 0 Å². The average molecular weight is 292 g/mol. The summed E-state index contributed by atoms with van der Waals surface area (Å²) in [6, 6.07) is 9.23. The van der Waals surface area contributed by atoms with Gasteiger partial charge in [0.1, 0.15) is 0 Å². The third-order valence-electron chi connectivity index (χ3n) is 4.10. The first kappa shape index (κ1) is 15.9. The van der Waals surface area contributed by atoms with Crippen molar-refractivity contribution in [1.29, 1.82) is 0 Å². The Bertz CT molecular complexity index is 367. The molecule has 0 amide bonds. The van der Waals surface area contributed by atoms with Crippen LogP contribution >= 0.6 is 11.8 Å². The normalized spacial score (nSPS) is 16.8. The number of rotatable bonds is 7. The third kappa shape index (κ3) is 5.12. The molecule has 0 spiro atoms. The minimum absolute atomic E-state index is 0.853. The summed E-state index contributed by atoms with van der Waals surface area (Å²) in [5, 5.41) is 4.28. The first-order valence-electron chi connectivity index (χ1n) is 7.94. The van der Waals surface area contributed by atoms with Gasteiger partial charge in [-0.2, -0.15) is 11.8 Å². The molecule has 0 aromatic heterocycles. The van der Waals surface area contributed by atoms with E-state index in [1.807, 2.05) is 0 Å². The predicted octanol–water partition coefficient (Wildman–Crippen LogP) is 3.51. The third-order valence-corrected chi connectivity index (χ3v) is 5.54. The first-order chi connectivity index (χ1) is 9.81. The highest BCUT2D eigenvalue weighted by molar-refractivity contribution is 7.99. The molecule has 0 atom stereocenters. The topological polar surface area (TPSA) is 15.3 Å². The van der Waals surface area contributed by atoms with Crippen LogP contribution in [-0.2, 0) is 12.3 Å². The van der Waals surface area contributed by atoms with Crippen molar-refractivity contribution >= 4 is 11.8 Å². The Labute approximate surface area is 128 Å². The largest absolute Gasteiger partial charge is 0.317 e. The maximum Gasteiger partial charge on any atom is 0.0233 e. The van der Waals surface area contributed by atoms with Crippen LogP contribution < -0.4 is 5.32 Å². The maximum atomic E-state index is 3.43. The lowest BCUT2D eigenvalue weighted by Gasteiger charge is -2.22. The Balaban J connectivity index is 1.78. The molecule has 1 N–H and O–H groups in total.